The summed E-state index contributed by atoms with van der Waals surface area (Å²) in [5.41, 5.74) is 5.69. The van der Waals surface area contributed by atoms with Gasteiger partial charge in [-0.25, -0.2) is 0 Å². The molecule has 3 rings (SSSR count). The average molecular weight is 405 g/mol. The first-order valence-electron chi connectivity index (χ1n) is 8.68. The van der Waals surface area contributed by atoms with Crippen LogP contribution in [0.2, 0.25) is 0 Å². The maximum Gasteiger partial charge on any atom is 0.417 e. The molecule has 1 unspecified atom stereocenters. The number of alkyl halides is 3. The number of carbonyl (C=O) groups excluding carboxylic acids is 2. The van der Waals surface area contributed by atoms with Crippen LogP contribution in [0.3, 0.4) is 0 Å². The number of hydrogen-bond donors (Lipinski definition) is 1. The molecule has 9 heteroatoms. The Labute approximate surface area is 164 Å². The summed E-state index contributed by atoms with van der Waals surface area (Å²) in [6.45, 7) is 0.0823. The van der Waals surface area contributed by atoms with Crippen LogP contribution in [0.15, 0.2) is 53.7 Å². The monoisotopic (exact) mass is 405 g/mol. The van der Waals surface area contributed by atoms with Crippen molar-refractivity contribution in [1.29, 1.82) is 0 Å². The molecular formula is C20H18F3N3O3. The fourth-order valence-corrected chi connectivity index (χ4v) is 3.31. The maximum absolute atomic E-state index is 13.2. The van der Waals surface area contributed by atoms with Crippen LogP contribution in [-0.4, -0.2) is 42.1 Å². The number of likely N-dealkylation sites (tertiary alicyclic amines) is 1. The third kappa shape index (κ3) is 4.23. The largest absolute Gasteiger partial charge is 0.417 e. The van der Waals surface area contributed by atoms with Crippen LogP contribution in [0, 0.1) is 0 Å². The molecule has 152 valence electrons. The van der Waals surface area contributed by atoms with Crippen LogP contribution >= 0.6 is 0 Å². The Morgan fingerprint density at radius 1 is 1.14 bits per heavy atom. The van der Waals surface area contributed by atoms with Gasteiger partial charge in [0.05, 0.1) is 17.8 Å². The number of oxime groups is 1. The molecule has 0 aromatic heterocycles. The van der Waals surface area contributed by atoms with Gasteiger partial charge in [0.2, 0.25) is 5.91 Å². The normalized spacial score (nSPS) is 18.1. The van der Waals surface area contributed by atoms with E-state index < -0.39 is 29.6 Å². The summed E-state index contributed by atoms with van der Waals surface area (Å²) in [7, 11) is 1.36. The summed E-state index contributed by atoms with van der Waals surface area (Å²) in [4.78, 5) is 30.5. The summed E-state index contributed by atoms with van der Waals surface area (Å²) >= 11 is 0. The molecule has 2 N–H and O–H groups in total. The number of carbonyl (C=O) groups is 2. The summed E-state index contributed by atoms with van der Waals surface area (Å²) in [5.74, 6) is -1.14. The molecule has 29 heavy (non-hydrogen) atoms. The predicted molar refractivity (Wildman–Crippen MR) is 100.0 cm³/mol. The highest BCUT2D eigenvalue weighted by Gasteiger charge is 2.37. The summed E-state index contributed by atoms with van der Waals surface area (Å²) in [5, 5.41) is 3.78. The smallest absolute Gasteiger partial charge is 0.399 e. The van der Waals surface area contributed by atoms with Gasteiger partial charge in [0, 0.05) is 12.0 Å². The van der Waals surface area contributed by atoms with Gasteiger partial charge in [-0.3, -0.25) is 9.59 Å². The van der Waals surface area contributed by atoms with E-state index >= 15 is 0 Å². The lowest BCUT2D eigenvalue weighted by Gasteiger charge is -2.21. The van der Waals surface area contributed by atoms with Gasteiger partial charge in [-0.1, -0.05) is 35.5 Å². The molecule has 6 nitrogen and oxygen atoms in total. The van der Waals surface area contributed by atoms with Gasteiger partial charge in [0.1, 0.15) is 13.2 Å². The zero-order valence-corrected chi connectivity index (χ0v) is 15.4. The number of halogens is 3. The minimum atomic E-state index is -4.49. The third-order valence-corrected chi connectivity index (χ3v) is 4.64. The predicted octanol–water partition coefficient (Wildman–Crippen LogP) is 3.07. The number of primary amides is 1. The van der Waals surface area contributed by atoms with E-state index in [1.54, 1.807) is 0 Å². The highest BCUT2D eigenvalue weighted by molar-refractivity contribution is 6.05. The standard InChI is InChI=1S/C20H18F3N3O3/c1-29-25-14-10-17(18(24)27)26(11-14)19(28)13-8-6-12(7-9-13)15-4-2-3-5-16(15)20(21,22)23/h2-9,17H,10-11H2,1H3,(H2,24,27). The minimum Gasteiger partial charge on any atom is -0.399 e. The number of nitrogens with zero attached hydrogens (tertiary/aromatic N) is 2. The Morgan fingerprint density at radius 3 is 2.38 bits per heavy atom. The van der Waals surface area contributed by atoms with E-state index in [1.807, 2.05) is 0 Å². The second-order valence-electron chi connectivity index (χ2n) is 6.52. The van der Waals surface area contributed by atoms with Crippen molar-refractivity contribution in [2.75, 3.05) is 13.7 Å². The Kier molecular flexibility index (Phi) is 5.58. The molecule has 1 fully saturated rings. The van der Waals surface area contributed by atoms with Gasteiger partial charge in [-0.2, -0.15) is 13.2 Å². The Morgan fingerprint density at radius 2 is 1.79 bits per heavy atom. The molecule has 1 saturated heterocycles. The number of rotatable bonds is 4. The molecule has 2 aromatic rings. The van der Waals surface area contributed by atoms with E-state index in [9.17, 15) is 22.8 Å². The lowest BCUT2D eigenvalue weighted by atomic mass is 9.98. The topological polar surface area (TPSA) is 85.0 Å². The fraction of sp³-hybridized carbons (Fsp3) is 0.250. The second-order valence-corrected chi connectivity index (χ2v) is 6.52. The molecule has 1 aliphatic rings. The zero-order valence-electron chi connectivity index (χ0n) is 15.4. The average Bonchev–Trinajstić information content (AvgIpc) is 3.11. The van der Waals surface area contributed by atoms with E-state index in [0.29, 0.717) is 11.3 Å². The first kappa shape index (κ1) is 20.4. The van der Waals surface area contributed by atoms with Crippen LogP contribution in [0.25, 0.3) is 11.1 Å². The first-order valence-corrected chi connectivity index (χ1v) is 8.68. The zero-order chi connectivity index (χ0) is 21.2. The van der Waals surface area contributed by atoms with Crippen molar-refractivity contribution < 1.29 is 27.6 Å². The van der Waals surface area contributed by atoms with E-state index in [4.69, 9.17) is 10.6 Å². The molecule has 0 saturated carbocycles. The van der Waals surface area contributed by atoms with E-state index in [1.165, 1.54) is 54.5 Å². The second kappa shape index (κ2) is 7.94. The van der Waals surface area contributed by atoms with Crippen molar-refractivity contribution in [1.82, 2.24) is 4.90 Å². The Bertz CT molecular complexity index is 955. The van der Waals surface area contributed by atoms with E-state index in [-0.39, 0.29) is 24.1 Å². The maximum atomic E-state index is 13.2. The molecule has 1 atom stereocenters. The molecule has 2 amide bonds. The van der Waals surface area contributed by atoms with Gasteiger partial charge in [-0.05, 0) is 29.3 Å². The van der Waals surface area contributed by atoms with Gasteiger partial charge >= 0.3 is 6.18 Å². The van der Waals surface area contributed by atoms with Crippen molar-refractivity contribution >= 4 is 17.5 Å². The SMILES string of the molecule is CON=C1CC(C(N)=O)N(C(=O)c2ccc(-c3ccccc3C(F)(F)F)cc2)C1. The number of benzene rings is 2. The molecule has 1 heterocycles. The Balaban J connectivity index is 1.88. The third-order valence-electron chi connectivity index (χ3n) is 4.64. The van der Waals surface area contributed by atoms with E-state index in [2.05, 4.69) is 5.16 Å². The molecule has 2 aromatic carbocycles. The lowest BCUT2D eigenvalue weighted by molar-refractivity contribution is -0.137. The van der Waals surface area contributed by atoms with E-state index in [0.717, 1.165) is 6.07 Å². The number of hydrogen-bond acceptors (Lipinski definition) is 4. The fourth-order valence-electron chi connectivity index (χ4n) is 3.31. The van der Waals surface area contributed by atoms with Gasteiger partial charge in [0.25, 0.3) is 5.91 Å². The van der Waals surface area contributed by atoms with Gasteiger partial charge < -0.3 is 15.5 Å². The molecule has 0 radical (unpaired) electrons. The quantitative estimate of drug-likeness (QED) is 0.794. The van der Waals surface area contributed by atoms with Crippen molar-refractivity contribution in [3.8, 4) is 11.1 Å². The van der Waals surface area contributed by atoms with Crippen molar-refractivity contribution in [3.05, 3.63) is 59.7 Å². The summed E-state index contributed by atoms with van der Waals surface area (Å²) in [6.07, 6.45) is -4.32. The molecule has 0 bridgehead atoms. The van der Waals surface area contributed by atoms with Crippen LogP contribution in [0.4, 0.5) is 13.2 Å². The number of amides is 2. The Hall–Kier alpha value is -3.36. The van der Waals surface area contributed by atoms with Crippen LogP contribution in [0.5, 0.6) is 0 Å². The van der Waals surface area contributed by atoms with Crippen molar-refractivity contribution in [2.24, 2.45) is 10.9 Å². The van der Waals surface area contributed by atoms with Crippen LogP contribution in [0.1, 0.15) is 22.3 Å². The first-order chi connectivity index (χ1) is 13.7. The number of nitrogens with two attached hydrogens (primary N) is 1. The molecule has 1 aliphatic heterocycles. The molecule has 0 spiro atoms. The van der Waals surface area contributed by atoms with Crippen molar-refractivity contribution in [3.63, 3.8) is 0 Å². The van der Waals surface area contributed by atoms with Crippen LogP contribution < -0.4 is 5.73 Å². The molecular weight excluding hydrogens is 387 g/mol. The molecule has 0 aliphatic carbocycles. The van der Waals surface area contributed by atoms with Crippen LogP contribution in [-0.2, 0) is 15.8 Å². The highest BCUT2D eigenvalue weighted by atomic mass is 19.4. The lowest BCUT2D eigenvalue weighted by Crippen LogP contribution is -2.43. The summed E-state index contributed by atoms with van der Waals surface area (Å²) in [6, 6.07) is 10.1. The minimum absolute atomic E-state index is 0.0182. The van der Waals surface area contributed by atoms with Gasteiger partial charge in [-0.15, -0.1) is 0 Å². The highest BCUT2D eigenvalue weighted by Crippen LogP contribution is 2.37. The van der Waals surface area contributed by atoms with Crippen molar-refractivity contribution in [2.45, 2.75) is 18.6 Å². The summed E-state index contributed by atoms with van der Waals surface area (Å²) < 4.78 is 39.7. The van der Waals surface area contributed by atoms with Gasteiger partial charge in [0.15, 0.2) is 0 Å².